The minimum Gasteiger partial charge on any atom is -0.481 e. The van der Waals surface area contributed by atoms with Crippen LogP contribution in [-0.4, -0.2) is 47.7 Å². The first kappa shape index (κ1) is 19.6. The van der Waals surface area contributed by atoms with Crippen molar-refractivity contribution in [3.63, 3.8) is 0 Å². The first-order chi connectivity index (χ1) is 12.9. The number of nitrogens with one attached hydrogen (secondary N) is 3. The van der Waals surface area contributed by atoms with Crippen molar-refractivity contribution in [3.05, 3.63) is 42.5 Å². The summed E-state index contributed by atoms with van der Waals surface area (Å²) in [6.45, 7) is -0.578. The summed E-state index contributed by atoms with van der Waals surface area (Å²) in [5.74, 6) is -4.05. The lowest BCUT2D eigenvalue weighted by molar-refractivity contribution is -0.139. The zero-order chi connectivity index (χ0) is 19.8. The average Bonchev–Trinajstić information content (AvgIpc) is 2.65. The second kappa shape index (κ2) is 9.09. The molecule has 2 aromatic rings. The van der Waals surface area contributed by atoms with Crippen molar-refractivity contribution in [2.45, 2.75) is 12.5 Å². The minimum absolute atomic E-state index is 0.279. The van der Waals surface area contributed by atoms with E-state index in [0.717, 1.165) is 10.8 Å². The second-order valence-electron chi connectivity index (χ2n) is 5.57. The fourth-order valence-corrected chi connectivity index (χ4v) is 2.33. The highest BCUT2D eigenvalue weighted by molar-refractivity contribution is 6.40. The molecule has 2 rings (SSSR count). The Hall–Kier alpha value is -3.75. The normalized spacial score (nSPS) is 11.3. The highest BCUT2D eigenvalue weighted by Crippen LogP contribution is 2.22. The van der Waals surface area contributed by atoms with Crippen LogP contribution in [0.2, 0.25) is 0 Å². The zero-order valence-corrected chi connectivity index (χ0v) is 14.1. The summed E-state index contributed by atoms with van der Waals surface area (Å²) in [7, 11) is 0. The van der Waals surface area contributed by atoms with Crippen molar-refractivity contribution in [3.8, 4) is 0 Å². The molecule has 0 bridgehead atoms. The molecule has 9 nitrogen and oxygen atoms in total. The molecular formula is C18H17N3O6. The number of carboxylic acid groups (broad SMARTS) is 1. The Labute approximate surface area is 153 Å². The lowest BCUT2D eigenvalue weighted by Gasteiger charge is -2.11. The van der Waals surface area contributed by atoms with Crippen LogP contribution in [0.1, 0.15) is 6.42 Å². The largest absolute Gasteiger partial charge is 0.481 e. The maximum atomic E-state index is 12.0. The third-order valence-corrected chi connectivity index (χ3v) is 3.56. The Kier molecular flexibility index (Phi) is 6.59. The minimum atomic E-state index is -1.26. The Balaban J connectivity index is 1.90. The number of aldehydes is 1. The highest BCUT2D eigenvalue weighted by Gasteiger charge is 2.18. The summed E-state index contributed by atoms with van der Waals surface area (Å²) in [4.78, 5) is 56.7. The number of carbonyl (C=O) groups is 5. The average molecular weight is 371 g/mol. The topological polar surface area (TPSA) is 142 Å². The Morgan fingerprint density at radius 3 is 2.41 bits per heavy atom. The molecule has 0 unspecified atom stereocenters. The Bertz CT molecular complexity index is 890. The third kappa shape index (κ3) is 5.63. The van der Waals surface area contributed by atoms with Gasteiger partial charge in [0.05, 0.1) is 19.0 Å². The summed E-state index contributed by atoms with van der Waals surface area (Å²) >= 11 is 0. The van der Waals surface area contributed by atoms with E-state index in [0.29, 0.717) is 5.69 Å². The number of rotatable bonds is 7. The number of aliphatic carboxylic acids is 1. The molecular weight excluding hydrogens is 354 g/mol. The van der Waals surface area contributed by atoms with E-state index in [1.807, 2.05) is 18.2 Å². The molecule has 2 aromatic carbocycles. The quantitative estimate of drug-likeness (QED) is 0.400. The van der Waals surface area contributed by atoms with Crippen molar-refractivity contribution in [2.75, 3.05) is 11.9 Å². The summed E-state index contributed by atoms with van der Waals surface area (Å²) in [5, 5.41) is 16.9. The number of hydrogen-bond acceptors (Lipinski definition) is 5. The molecule has 0 fully saturated rings. The summed E-state index contributed by atoms with van der Waals surface area (Å²) < 4.78 is 0. The molecule has 140 valence electrons. The lowest BCUT2D eigenvalue weighted by Crippen LogP contribution is -2.45. The molecule has 9 heteroatoms. The van der Waals surface area contributed by atoms with Crippen LogP contribution in [0.3, 0.4) is 0 Å². The molecule has 0 saturated heterocycles. The standard InChI is InChI=1S/C18H17N3O6/c22-10-12(8-16(24)25)20-15(23)9-19-17(26)18(27)21-14-7-3-5-11-4-1-2-6-13(11)14/h1-7,10,12H,8-9H2,(H,19,26)(H,20,23)(H,21,27)(H,24,25)/t12-/m0/s1. The van der Waals surface area contributed by atoms with Crippen molar-refractivity contribution in [2.24, 2.45) is 0 Å². The van der Waals surface area contributed by atoms with Gasteiger partial charge in [-0.3, -0.25) is 19.2 Å². The molecule has 0 aliphatic rings. The predicted octanol–water partition coefficient (Wildman–Crippen LogP) is 0.0529. The number of hydrogen-bond donors (Lipinski definition) is 4. The Morgan fingerprint density at radius 1 is 1.00 bits per heavy atom. The van der Waals surface area contributed by atoms with Gasteiger partial charge >= 0.3 is 17.8 Å². The molecule has 3 amide bonds. The second-order valence-corrected chi connectivity index (χ2v) is 5.57. The number of benzene rings is 2. The van der Waals surface area contributed by atoms with Gasteiger partial charge in [0, 0.05) is 11.1 Å². The lowest BCUT2D eigenvalue weighted by atomic mass is 10.1. The van der Waals surface area contributed by atoms with Crippen LogP contribution >= 0.6 is 0 Å². The van der Waals surface area contributed by atoms with Crippen molar-refractivity contribution >= 4 is 46.4 Å². The molecule has 0 aliphatic carbocycles. The van der Waals surface area contributed by atoms with Gasteiger partial charge in [-0.05, 0) is 11.5 Å². The van der Waals surface area contributed by atoms with E-state index in [1.54, 1.807) is 24.3 Å². The van der Waals surface area contributed by atoms with Crippen LogP contribution in [0.15, 0.2) is 42.5 Å². The van der Waals surface area contributed by atoms with Crippen LogP contribution in [0, 0.1) is 0 Å². The number of amides is 3. The van der Waals surface area contributed by atoms with Gasteiger partial charge < -0.3 is 25.9 Å². The van der Waals surface area contributed by atoms with Gasteiger partial charge in [0.1, 0.15) is 6.29 Å². The van der Waals surface area contributed by atoms with E-state index >= 15 is 0 Å². The van der Waals surface area contributed by atoms with Crippen LogP contribution < -0.4 is 16.0 Å². The molecule has 27 heavy (non-hydrogen) atoms. The Morgan fingerprint density at radius 2 is 1.70 bits per heavy atom. The van der Waals surface area contributed by atoms with Crippen molar-refractivity contribution in [1.29, 1.82) is 0 Å². The fourth-order valence-electron chi connectivity index (χ4n) is 2.33. The monoisotopic (exact) mass is 371 g/mol. The SMILES string of the molecule is O=C[C@H](CC(=O)O)NC(=O)CNC(=O)C(=O)Nc1cccc2ccccc12. The predicted molar refractivity (Wildman–Crippen MR) is 95.8 cm³/mol. The van der Waals surface area contributed by atoms with E-state index in [9.17, 15) is 24.0 Å². The van der Waals surface area contributed by atoms with Crippen LogP contribution in [-0.2, 0) is 24.0 Å². The zero-order valence-electron chi connectivity index (χ0n) is 14.1. The molecule has 0 aromatic heterocycles. The van der Waals surface area contributed by atoms with Gasteiger partial charge in [0.2, 0.25) is 5.91 Å². The smallest absolute Gasteiger partial charge is 0.313 e. The molecule has 0 radical (unpaired) electrons. The van der Waals surface area contributed by atoms with Crippen LogP contribution in [0.5, 0.6) is 0 Å². The fraction of sp³-hybridized carbons (Fsp3) is 0.167. The van der Waals surface area contributed by atoms with Gasteiger partial charge in [-0.25, -0.2) is 0 Å². The highest BCUT2D eigenvalue weighted by atomic mass is 16.4. The van der Waals surface area contributed by atoms with Gasteiger partial charge in [0.15, 0.2) is 0 Å². The number of anilines is 1. The van der Waals surface area contributed by atoms with Gasteiger partial charge in [0.25, 0.3) is 0 Å². The first-order valence-corrected chi connectivity index (χ1v) is 7.94. The number of carbonyl (C=O) groups excluding carboxylic acids is 4. The molecule has 1 atom stereocenters. The molecule has 0 aliphatic heterocycles. The number of carboxylic acids is 1. The molecule has 0 heterocycles. The molecule has 0 saturated carbocycles. The van der Waals surface area contributed by atoms with Gasteiger partial charge in [-0.2, -0.15) is 0 Å². The summed E-state index contributed by atoms with van der Waals surface area (Å²) in [5.41, 5.74) is 0.445. The van der Waals surface area contributed by atoms with E-state index in [1.165, 1.54) is 0 Å². The summed E-state index contributed by atoms with van der Waals surface area (Å²) in [6, 6.07) is 11.3. The van der Waals surface area contributed by atoms with Crippen molar-refractivity contribution in [1.82, 2.24) is 10.6 Å². The molecule has 4 N–H and O–H groups in total. The van der Waals surface area contributed by atoms with E-state index in [4.69, 9.17) is 5.11 Å². The van der Waals surface area contributed by atoms with Crippen LogP contribution in [0.25, 0.3) is 10.8 Å². The molecule has 0 spiro atoms. The maximum Gasteiger partial charge on any atom is 0.313 e. The van der Waals surface area contributed by atoms with Crippen molar-refractivity contribution < 1.29 is 29.1 Å². The number of fused-ring (bicyclic) bond motifs is 1. The maximum absolute atomic E-state index is 12.0. The van der Waals surface area contributed by atoms with Gasteiger partial charge in [-0.15, -0.1) is 0 Å². The van der Waals surface area contributed by atoms with E-state index < -0.39 is 42.7 Å². The van der Waals surface area contributed by atoms with E-state index in [2.05, 4.69) is 16.0 Å². The van der Waals surface area contributed by atoms with E-state index in [-0.39, 0.29) is 6.29 Å². The first-order valence-electron chi connectivity index (χ1n) is 7.94. The third-order valence-electron chi connectivity index (χ3n) is 3.56. The van der Waals surface area contributed by atoms with Gasteiger partial charge in [-0.1, -0.05) is 36.4 Å². The van der Waals surface area contributed by atoms with Crippen LogP contribution in [0.4, 0.5) is 5.69 Å². The summed E-state index contributed by atoms with van der Waals surface area (Å²) in [6.07, 6.45) is -0.300.